The van der Waals surface area contributed by atoms with E-state index in [1.54, 1.807) is 0 Å². The molecule has 0 aliphatic heterocycles. The summed E-state index contributed by atoms with van der Waals surface area (Å²) in [5.41, 5.74) is 3.89. The average molecular weight is 331 g/mol. The van der Waals surface area contributed by atoms with Gasteiger partial charge in [-0.3, -0.25) is 4.79 Å². The van der Waals surface area contributed by atoms with E-state index in [1.165, 1.54) is 17.5 Å². The third kappa shape index (κ3) is 5.09. The van der Waals surface area contributed by atoms with E-state index in [0.717, 1.165) is 31.2 Å². The molecule has 0 unspecified atom stereocenters. The summed E-state index contributed by atoms with van der Waals surface area (Å²) in [7, 11) is 0. The summed E-state index contributed by atoms with van der Waals surface area (Å²) in [5.74, 6) is 0.111. The zero-order valence-electron chi connectivity index (χ0n) is 16.4. The van der Waals surface area contributed by atoms with Crippen LogP contribution in [-0.4, -0.2) is 5.97 Å². The van der Waals surface area contributed by atoms with Crippen LogP contribution in [0.15, 0.2) is 18.2 Å². The maximum atomic E-state index is 12.3. The third-order valence-electron chi connectivity index (χ3n) is 5.04. The Bertz CT molecular complexity index is 534. The summed E-state index contributed by atoms with van der Waals surface area (Å²) in [6, 6.07) is 6.69. The largest absolute Gasteiger partial charge is 0.461 e. The topological polar surface area (TPSA) is 26.3 Å². The van der Waals surface area contributed by atoms with Crippen LogP contribution < -0.4 is 0 Å². The second-order valence-electron chi connectivity index (χ2n) is 9.36. The first kappa shape index (κ1) is 19.0. The Balaban J connectivity index is 2.15. The minimum atomic E-state index is -0.00632. The zero-order chi connectivity index (χ0) is 18.0. The number of rotatable bonds is 3. The molecule has 2 rings (SSSR count). The Morgan fingerprint density at radius 3 is 1.88 bits per heavy atom. The minimum Gasteiger partial charge on any atom is -0.461 e. The van der Waals surface area contributed by atoms with Crippen LogP contribution in [0.25, 0.3) is 0 Å². The third-order valence-corrected chi connectivity index (χ3v) is 5.04. The molecule has 0 N–H and O–H groups in total. The van der Waals surface area contributed by atoms with E-state index in [4.69, 9.17) is 4.74 Å². The molecule has 0 bridgehead atoms. The van der Waals surface area contributed by atoms with Gasteiger partial charge in [0.25, 0.3) is 0 Å². The Kier molecular flexibility index (Phi) is 5.78. The molecule has 0 amide bonds. The van der Waals surface area contributed by atoms with Gasteiger partial charge >= 0.3 is 5.97 Å². The summed E-state index contributed by atoms with van der Waals surface area (Å²) in [5, 5.41) is 0. The van der Waals surface area contributed by atoms with Crippen molar-refractivity contribution in [2.24, 2.45) is 5.92 Å². The van der Waals surface area contributed by atoms with Gasteiger partial charge in [-0.2, -0.15) is 0 Å². The average Bonchev–Trinajstić information content (AvgIpc) is 2.51. The lowest BCUT2D eigenvalue weighted by Crippen LogP contribution is -2.21. The molecule has 1 aromatic carbocycles. The summed E-state index contributed by atoms with van der Waals surface area (Å²) in [6.07, 6.45) is 5.56. The number of ether oxygens (including phenoxy) is 1. The number of esters is 1. The highest BCUT2D eigenvalue weighted by atomic mass is 16.5. The molecule has 2 heteroatoms. The van der Waals surface area contributed by atoms with Crippen molar-refractivity contribution >= 4 is 5.97 Å². The lowest BCUT2D eigenvalue weighted by Gasteiger charge is -2.26. The highest BCUT2D eigenvalue weighted by Gasteiger charge is 2.24. The summed E-state index contributed by atoms with van der Waals surface area (Å²) >= 11 is 0. The van der Waals surface area contributed by atoms with E-state index in [1.807, 2.05) is 0 Å². The van der Waals surface area contributed by atoms with Crippen LogP contribution in [0.2, 0.25) is 0 Å². The molecule has 1 fully saturated rings. The lowest BCUT2D eigenvalue weighted by atomic mass is 9.79. The van der Waals surface area contributed by atoms with Crippen LogP contribution in [0.1, 0.15) is 90.3 Å². The van der Waals surface area contributed by atoms with Crippen LogP contribution in [0.3, 0.4) is 0 Å². The van der Waals surface area contributed by atoms with E-state index in [2.05, 4.69) is 59.7 Å². The fraction of sp³-hybridized carbons (Fsp3) is 0.682. The molecule has 24 heavy (non-hydrogen) atoms. The van der Waals surface area contributed by atoms with Crippen molar-refractivity contribution < 1.29 is 9.53 Å². The number of benzene rings is 1. The molecule has 0 atom stereocenters. The van der Waals surface area contributed by atoms with Crippen molar-refractivity contribution in [1.82, 2.24) is 0 Å². The van der Waals surface area contributed by atoms with E-state index >= 15 is 0 Å². The number of hydrogen-bond donors (Lipinski definition) is 0. The van der Waals surface area contributed by atoms with Gasteiger partial charge in [0.15, 0.2) is 0 Å². The van der Waals surface area contributed by atoms with E-state index < -0.39 is 0 Å². The minimum absolute atomic E-state index is 0.00632. The van der Waals surface area contributed by atoms with Crippen LogP contribution in [0.4, 0.5) is 0 Å². The molecule has 1 aliphatic rings. The summed E-state index contributed by atoms with van der Waals surface area (Å²) < 4.78 is 5.66. The Morgan fingerprint density at radius 2 is 1.42 bits per heavy atom. The van der Waals surface area contributed by atoms with Gasteiger partial charge in [0, 0.05) is 0 Å². The molecule has 1 aromatic rings. The van der Waals surface area contributed by atoms with Crippen molar-refractivity contribution in [3.05, 3.63) is 34.9 Å². The van der Waals surface area contributed by atoms with Crippen molar-refractivity contribution in [2.45, 2.75) is 91.1 Å². The van der Waals surface area contributed by atoms with Gasteiger partial charge in [-0.1, -0.05) is 79.0 Å². The number of carbonyl (C=O) groups is 1. The monoisotopic (exact) mass is 330 g/mol. The van der Waals surface area contributed by atoms with Crippen molar-refractivity contribution in [2.75, 3.05) is 0 Å². The van der Waals surface area contributed by atoms with E-state index in [0.29, 0.717) is 6.61 Å². The van der Waals surface area contributed by atoms with Crippen molar-refractivity contribution in [3.63, 3.8) is 0 Å². The highest BCUT2D eigenvalue weighted by Crippen LogP contribution is 2.31. The van der Waals surface area contributed by atoms with E-state index in [9.17, 15) is 4.79 Å². The molecule has 0 aromatic heterocycles. The molecular formula is C22H34O2. The molecule has 0 spiro atoms. The van der Waals surface area contributed by atoms with Crippen molar-refractivity contribution in [1.29, 1.82) is 0 Å². The van der Waals surface area contributed by atoms with Gasteiger partial charge in [0.1, 0.15) is 6.61 Å². The van der Waals surface area contributed by atoms with Gasteiger partial charge in [0.2, 0.25) is 0 Å². The summed E-state index contributed by atoms with van der Waals surface area (Å²) in [4.78, 5) is 12.3. The molecule has 1 saturated carbocycles. The van der Waals surface area contributed by atoms with Crippen LogP contribution >= 0.6 is 0 Å². The second kappa shape index (κ2) is 7.29. The molecule has 2 nitrogen and oxygen atoms in total. The quantitative estimate of drug-likeness (QED) is 0.644. The standard InChI is InChI=1S/C22H34O2/c1-21(2,3)18-12-16(13-19(14-18)22(4,5)6)15-24-20(23)17-10-8-7-9-11-17/h12-14,17H,7-11,15H2,1-6H3. The van der Waals surface area contributed by atoms with Crippen LogP contribution in [-0.2, 0) is 27.0 Å². The molecule has 0 saturated heterocycles. The molecular weight excluding hydrogens is 296 g/mol. The van der Waals surface area contributed by atoms with E-state index in [-0.39, 0.29) is 22.7 Å². The van der Waals surface area contributed by atoms with Gasteiger partial charge < -0.3 is 4.74 Å². The smallest absolute Gasteiger partial charge is 0.309 e. The molecule has 0 radical (unpaired) electrons. The first-order valence-corrected chi connectivity index (χ1v) is 9.39. The molecule has 1 aliphatic carbocycles. The first-order chi connectivity index (χ1) is 11.1. The predicted molar refractivity (Wildman–Crippen MR) is 100 cm³/mol. The molecule has 134 valence electrons. The zero-order valence-corrected chi connectivity index (χ0v) is 16.4. The van der Waals surface area contributed by atoms with Gasteiger partial charge in [-0.05, 0) is 40.4 Å². The number of carbonyl (C=O) groups excluding carboxylic acids is 1. The lowest BCUT2D eigenvalue weighted by molar-refractivity contribution is -0.151. The number of hydrogen-bond acceptors (Lipinski definition) is 2. The fourth-order valence-electron chi connectivity index (χ4n) is 3.25. The SMILES string of the molecule is CC(C)(C)c1cc(COC(=O)C2CCCCC2)cc(C(C)(C)C)c1. The molecule has 0 heterocycles. The van der Waals surface area contributed by atoms with Gasteiger partial charge in [-0.15, -0.1) is 0 Å². The Morgan fingerprint density at radius 1 is 0.917 bits per heavy atom. The van der Waals surface area contributed by atoms with Gasteiger partial charge in [0.05, 0.1) is 5.92 Å². The van der Waals surface area contributed by atoms with Crippen LogP contribution in [0, 0.1) is 5.92 Å². The highest BCUT2D eigenvalue weighted by molar-refractivity contribution is 5.72. The van der Waals surface area contributed by atoms with Crippen molar-refractivity contribution in [3.8, 4) is 0 Å². The second-order valence-corrected chi connectivity index (χ2v) is 9.36. The normalized spacial score (nSPS) is 16.9. The Hall–Kier alpha value is -1.31. The van der Waals surface area contributed by atoms with Gasteiger partial charge in [-0.25, -0.2) is 0 Å². The first-order valence-electron chi connectivity index (χ1n) is 9.39. The maximum absolute atomic E-state index is 12.3. The Labute approximate surface area is 148 Å². The maximum Gasteiger partial charge on any atom is 0.309 e. The predicted octanol–water partition coefficient (Wildman–Crippen LogP) is 5.91. The summed E-state index contributed by atoms with van der Waals surface area (Å²) in [6.45, 7) is 13.8. The fourth-order valence-corrected chi connectivity index (χ4v) is 3.25. The van der Waals surface area contributed by atoms with Crippen LogP contribution in [0.5, 0.6) is 0 Å².